The number of para-hydroxylation sites is 1. The van der Waals surface area contributed by atoms with Crippen LogP contribution in [0.2, 0.25) is 0 Å². The molecule has 0 radical (unpaired) electrons. The first kappa shape index (κ1) is 14.5. The third-order valence-corrected chi connectivity index (χ3v) is 2.65. The van der Waals surface area contributed by atoms with E-state index in [0.717, 1.165) is 0 Å². The van der Waals surface area contributed by atoms with Gasteiger partial charge in [0.15, 0.2) is 0 Å². The van der Waals surface area contributed by atoms with Crippen molar-refractivity contribution >= 4 is 17.7 Å². The molecule has 0 atom stereocenters. The third-order valence-electron chi connectivity index (χ3n) is 2.65. The molecule has 0 saturated heterocycles. The molecule has 106 valence electrons. The van der Waals surface area contributed by atoms with Crippen LogP contribution in [-0.4, -0.2) is 17.7 Å². The number of imide groups is 1. The predicted octanol–water partition coefficient (Wildman–Crippen LogP) is 2.76. The minimum atomic E-state index is -0.855. The number of rotatable bonds is 4. The highest BCUT2D eigenvalue weighted by molar-refractivity contribution is 6.11. The van der Waals surface area contributed by atoms with Crippen molar-refractivity contribution < 1.29 is 14.3 Å². The number of carbonyl (C=O) groups excluding carboxylic acids is 2. The van der Waals surface area contributed by atoms with Crippen LogP contribution in [0.5, 0.6) is 5.75 Å². The highest BCUT2D eigenvalue weighted by atomic mass is 16.6. The van der Waals surface area contributed by atoms with E-state index in [1.54, 1.807) is 54.6 Å². The van der Waals surface area contributed by atoms with Crippen LogP contribution in [0, 0.1) is 5.41 Å². The molecule has 0 aliphatic heterocycles. The van der Waals surface area contributed by atoms with E-state index in [1.165, 1.54) is 0 Å². The monoisotopic (exact) mass is 282 g/mol. The summed E-state index contributed by atoms with van der Waals surface area (Å²) >= 11 is 0. The Kier molecular flexibility index (Phi) is 4.82. The standard InChI is InChI=1S/C16H14N2O3/c17-14(12-7-3-1-4-8-12)11-15(19)18-16(20)21-13-9-5-2-6-10-13/h1-10,17H,11H2,(H,18,19,20). The smallest absolute Gasteiger partial charge is 0.410 e. The van der Waals surface area contributed by atoms with E-state index < -0.39 is 12.0 Å². The Hall–Kier alpha value is -2.95. The van der Waals surface area contributed by atoms with E-state index in [9.17, 15) is 9.59 Å². The Morgan fingerprint density at radius 2 is 1.52 bits per heavy atom. The SMILES string of the molecule is N=C(CC(=O)NC(=O)Oc1ccccc1)c1ccccc1. The van der Waals surface area contributed by atoms with E-state index in [1.807, 2.05) is 6.07 Å². The van der Waals surface area contributed by atoms with Crippen molar-refractivity contribution in [1.29, 1.82) is 5.41 Å². The van der Waals surface area contributed by atoms with Crippen LogP contribution in [0.3, 0.4) is 0 Å². The zero-order valence-corrected chi connectivity index (χ0v) is 11.2. The molecule has 0 saturated carbocycles. The van der Waals surface area contributed by atoms with Crippen molar-refractivity contribution in [2.75, 3.05) is 0 Å². The van der Waals surface area contributed by atoms with Crippen LogP contribution in [-0.2, 0) is 4.79 Å². The van der Waals surface area contributed by atoms with Gasteiger partial charge in [0.05, 0.1) is 6.42 Å². The first-order valence-corrected chi connectivity index (χ1v) is 6.34. The fourth-order valence-corrected chi connectivity index (χ4v) is 1.68. The molecular formula is C16H14N2O3. The number of benzene rings is 2. The second kappa shape index (κ2) is 7.00. The zero-order valence-electron chi connectivity index (χ0n) is 11.2. The lowest BCUT2D eigenvalue weighted by Gasteiger charge is -2.06. The van der Waals surface area contributed by atoms with Crippen LogP contribution in [0.1, 0.15) is 12.0 Å². The lowest BCUT2D eigenvalue weighted by Crippen LogP contribution is -2.34. The zero-order chi connectivity index (χ0) is 15.1. The largest absolute Gasteiger partial charge is 0.419 e. The number of ether oxygens (including phenoxy) is 1. The normalized spacial score (nSPS) is 9.71. The average molecular weight is 282 g/mol. The molecule has 0 aliphatic carbocycles. The van der Waals surface area contributed by atoms with Gasteiger partial charge in [0.2, 0.25) is 5.91 Å². The fraction of sp³-hybridized carbons (Fsp3) is 0.0625. The van der Waals surface area contributed by atoms with Crippen molar-refractivity contribution in [1.82, 2.24) is 5.32 Å². The molecule has 2 rings (SSSR count). The molecule has 0 aliphatic rings. The quantitative estimate of drug-likeness (QED) is 0.846. The molecule has 0 bridgehead atoms. The highest BCUT2D eigenvalue weighted by Crippen LogP contribution is 2.08. The lowest BCUT2D eigenvalue weighted by atomic mass is 10.1. The van der Waals surface area contributed by atoms with Gasteiger partial charge in [0, 0.05) is 5.71 Å². The summed E-state index contributed by atoms with van der Waals surface area (Å²) in [5.41, 5.74) is 0.782. The molecule has 0 spiro atoms. The van der Waals surface area contributed by atoms with Gasteiger partial charge in [0.25, 0.3) is 0 Å². The molecular weight excluding hydrogens is 268 g/mol. The fourth-order valence-electron chi connectivity index (χ4n) is 1.68. The maximum absolute atomic E-state index is 11.7. The third kappa shape index (κ3) is 4.58. The van der Waals surface area contributed by atoms with Crippen molar-refractivity contribution in [3.05, 3.63) is 66.2 Å². The van der Waals surface area contributed by atoms with E-state index >= 15 is 0 Å². The molecule has 5 heteroatoms. The summed E-state index contributed by atoms with van der Waals surface area (Å²) in [6.45, 7) is 0. The Balaban J connectivity index is 1.84. The van der Waals surface area contributed by atoms with Crippen LogP contribution in [0.15, 0.2) is 60.7 Å². The number of amides is 2. The first-order valence-electron chi connectivity index (χ1n) is 6.34. The number of carbonyl (C=O) groups is 2. The molecule has 0 unspecified atom stereocenters. The minimum Gasteiger partial charge on any atom is -0.410 e. The molecule has 2 amide bonds. The predicted molar refractivity (Wildman–Crippen MR) is 78.5 cm³/mol. The molecule has 0 heterocycles. The second-order valence-corrected chi connectivity index (χ2v) is 4.27. The maximum Gasteiger partial charge on any atom is 0.419 e. The van der Waals surface area contributed by atoms with E-state index in [-0.39, 0.29) is 12.1 Å². The molecule has 5 nitrogen and oxygen atoms in total. The molecule has 0 aromatic heterocycles. The summed E-state index contributed by atoms with van der Waals surface area (Å²) in [6, 6.07) is 17.3. The maximum atomic E-state index is 11.7. The van der Waals surface area contributed by atoms with Gasteiger partial charge in [-0.3, -0.25) is 10.1 Å². The van der Waals surface area contributed by atoms with Gasteiger partial charge in [-0.25, -0.2) is 4.79 Å². The summed E-state index contributed by atoms with van der Waals surface area (Å²) in [6.07, 6.45) is -1.04. The number of hydrogen-bond donors (Lipinski definition) is 2. The topological polar surface area (TPSA) is 79.3 Å². The Bertz CT molecular complexity index is 639. The second-order valence-electron chi connectivity index (χ2n) is 4.27. The van der Waals surface area contributed by atoms with Gasteiger partial charge < -0.3 is 10.1 Å². The Labute approximate surface area is 122 Å². The van der Waals surface area contributed by atoms with Crippen LogP contribution >= 0.6 is 0 Å². The van der Waals surface area contributed by atoms with Crippen molar-refractivity contribution in [3.8, 4) is 5.75 Å². The summed E-state index contributed by atoms with van der Waals surface area (Å²) in [4.78, 5) is 23.2. The van der Waals surface area contributed by atoms with Gasteiger partial charge in [-0.2, -0.15) is 0 Å². The first-order chi connectivity index (χ1) is 10.1. The van der Waals surface area contributed by atoms with Crippen LogP contribution in [0.25, 0.3) is 0 Å². The van der Waals surface area contributed by atoms with Crippen LogP contribution < -0.4 is 10.1 Å². The number of nitrogens with one attached hydrogen (secondary N) is 2. The minimum absolute atomic E-state index is 0.139. The van der Waals surface area contributed by atoms with Crippen molar-refractivity contribution in [2.24, 2.45) is 0 Å². The summed E-state index contributed by atoms with van der Waals surface area (Å²) in [5.74, 6) is -0.231. The molecule has 2 N–H and O–H groups in total. The van der Waals surface area contributed by atoms with Crippen molar-refractivity contribution in [2.45, 2.75) is 6.42 Å². The van der Waals surface area contributed by atoms with E-state index in [0.29, 0.717) is 11.3 Å². The van der Waals surface area contributed by atoms with Gasteiger partial charge in [-0.1, -0.05) is 48.5 Å². The molecule has 21 heavy (non-hydrogen) atoms. The summed E-state index contributed by atoms with van der Waals surface area (Å²) in [7, 11) is 0. The van der Waals surface area contributed by atoms with Gasteiger partial charge in [-0.15, -0.1) is 0 Å². The molecule has 2 aromatic rings. The van der Waals surface area contributed by atoms with Gasteiger partial charge in [-0.05, 0) is 17.7 Å². The number of hydrogen-bond acceptors (Lipinski definition) is 4. The average Bonchev–Trinajstić information content (AvgIpc) is 2.48. The Morgan fingerprint density at radius 1 is 0.952 bits per heavy atom. The molecule has 0 fully saturated rings. The summed E-state index contributed by atoms with van der Waals surface area (Å²) < 4.78 is 4.93. The van der Waals surface area contributed by atoms with Gasteiger partial charge in [0.1, 0.15) is 5.75 Å². The van der Waals surface area contributed by atoms with Crippen LogP contribution in [0.4, 0.5) is 4.79 Å². The molecule has 2 aromatic carbocycles. The van der Waals surface area contributed by atoms with E-state index in [2.05, 4.69) is 5.32 Å². The Morgan fingerprint density at radius 3 is 2.14 bits per heavy atom. The van der Waals surface area contributed by atoms with Gasteiger partial charge >= 0.3 is 6.09 Å². The summed E-state index contributed by atoms with van der Waals surface area (Å²) in [5, 5.41) is 9.90. The van der Waals surface area contributed by atoms with E-state index in [4.69, 9.17) is 10.1 Å². The highest BCUT2D eigenvalue weighted by Gasteiger charge is 2.12. The van der Waals surface area contributed by atoms with Crippen molar-refractivity contribution in [3.63, 3.8) is 0 Å². The lowest BCUT2D eigenvalue weighted by molar-refractivity contribution is -0.119.